The summed E-state index contributed by atoms with van der Waals surface area (Å²) in [5.74, 6) is 0.445. The molecule has 0 N–H and O–H groups in total. The number of rotatable bonds is 7. The van der Waals surface area contributed by atoms with Gasteiger partial charge in [-0.15, -0.1) is 0 Å². The third-order valence-electron chi connectivity index (χ3n) is 4.93. The fourth-order valence-electron chi connectivity index (χ4n) is 3.33. The van der Waals surface area contributed by atoms with E-state index < -0.39 is 5.97 Å². The Balaban J connectivity index is 1.45. The molecule has 0 unspecified atom stereocenters. The van der Waals surface area contributed by atoms with E-state index >= 15 is 0 Å². The van der Waals surface area contributed by atoms with Crippen LogP contribution in [0.1, 0.15) is 11.1 Å². The van der Waals surface area contributed by atoms with Crippen LogP contribution in [0.4, 0.5) is 0 Å². The third-order valence-corrected chi connectivity index (χ3v) is 5.48. The first-order valence-electron chi connectivity index (χ1n) is 10.2. The predicted molar refractivity (Wildman–Crippen MR) is 133 cm³/mol. The van der Waals surface area contributed by atoms with Crippen LogP contribution in [0, 0.1) is 0 Å². The van der Waals surface area contributed by atoms with Gasteiger partial charge in [0.2, 0.25) is 0 Å². The van der Waals surface area contributed by atoms with Crippen LogP contribution < -0.4 is 14.2 Å². The topological polar surface area (TPSA) is 44.8 Å². The summed E-state index contributed by atoms with van der Waals surface area (Å²) in [4.78, 5) is 12.3. The zero-order valence-electron chi connectivity index (χ0n) is 17.8. The maximum Gasteiger partial charge on any atom is 0.349 e. The molecule has 0 amide bonds. The van der Waals surface area contributed by atoms with Crippen LogP contribution in [0.2, 0.25) is 10.0 Å². The minimum absolute atomic E-state index is 0.297. The fraction of sp³-hybridized carbons (Fsp3) is 0.0741. The van der Waals surface area contributed by atoms with Crippen molar-refractivity contribution in [3.8, 4) is 17.2 Å². The van der Waals surface area contributed by atoms with Gasteiger partial charge < -0.3 is 14.2 Å². The average Bonchev–Trinajstić information content (AvgIpc) is 2.84. The molecule has 166 valence electrons. The molecule has 0 heterocycles. The molecular formula is C27H20Cl2O4. The molecular weight excluding hydrogens is 459 g/mol. The number of methoxy groups -OCH3 is 1. The van der Waals surface area contributed by atoms with Gasteiger partial charge in [-0.3, -0.25) is 0 Å². The van der Waals surface area contributed by atoms with E-state index in [4.69, 9.17) is 37.4 Å². The lowest BCUT2D eigenvalue weighted by atomic mass is 10.0. The highest BCUT2D eigenvalue weighted by atomic mass is 35.5. The van der Waals surface area contributed by atoms with Gasteiger partial charge in [-0.25, -0.2) is 4.79 Å². The van der Waals surface area contributed by atoms with Crippen LogP contribution in [0.3, 0.4) is 0 Å². The average molecular weight is 479 g/mol. The Morgan fingerprint density at radius 2 is 1.67 bits per heavy atom. The van der Waals surface area contributed by atoms with E-state index in [0.717, 1.165) is 11.1 Å². The lowest BCUT2D eigenvalue weighted by molar-refractivity contribution is -0.136. The molecule has 4 rings (SSSR count). The molecule has 33 heavy (non-hydrogen) atoms. The number of benzene rings is 4. The summed E-state index contributed by atoms with van der Waals surface area (Å²) < 4.78 is 16.3. The summed E-state index contributed by atoms with van der Waals surface area (Å²) in [6.45, 7) is -0.327. The number of carbonyl (C=O) groups excluding carboxylic acids is 1. The van der Waals surface area contributed by atoms with Crippen molar-refractivity contribution in [3.05, 3.63) is 100 Å². The number of ether oxygens (including phenoxy) is 3. The van der Waals surface area contributed by atoms with E-state index in [1.807, 2.05) is 36.4 Å². The van der Waals surface area contributed by atoms with Gasteiger partial charge in [0.15, 0.2) is 18.1 Å². The van der Waals surface area contributed by atoms with Gasteiger partial charge in [-0.2, -0.15) is 0 Å². The molecule has 0 aliphatic heterocycles. The Bertz CT molecular complexity index is 1330. The Labute approximate surface area is 201 Å². The lowest BCUT2D eigenvalue weighted by Gasteiger charge is -2.11. The first-order chi connectivity index (χ1) is 16.0. The summed E-state index contributed by atoms with van der Waals surface area (Å²) in [5, 5.41) is 3.16. The summed E-state index contributed by atoms with van der Waals surface area (Å²) in [7, 11) is 1.52. The second-order valence-electron chi connectivity index (χ2n) is 7.15. The van der Waals surface area contributed by atoms with E-state index in [-0.39, 0.29) is 6.61 Å². The summed E-state index contributed by atoms with van der Waals surface area (Å²) in [6.07, 6.45) is 4.03. The standard InChI is InChI=1S/C27H20Cl2O4/c1-31-26-15-18(9-11-20-7-4-6-19-5-2-3-8-22(19)20)10-14-24(26)33-27(30)17-32-25-16-21(28)12-13-23(25)29/h2-16H,17H2,1H3. The first-order valence-corrected chi connectivity index (χ1v) is 10.9. The number of fused-ring (bicyclic) bond motifs is 1. The zero-order valence-corrected chi connectivity index (χ0v) is 19.3. The number of hydrogen-bond donors (Lipinski definition) is 0. The summed E-state index contributed by atoms with van der Waals surface area (Å²) in [6, 6.07) is 24.5. The summed E-state index contributed by atoms with van der Waals surface area (Å²) in [5.41, 5.74) is 2.01. The number of halogens is 2. The minimum Gasteiger partial charge on any atom is -0.493 e. The van der Waals surface area contributed by atoms with Crippen LogP contribution in [0.25, 0.3) is 22.9 Å². The van der Waals surface area contributed by atoms with E-state index in [2.05, 4.69) is 24.3 Å². The van der Waals surface area contributed by atoms with Gasteiger partial charge in [-0.1, -0.05) is 83.9 Å². The second kappa shape index (κ2) is 10.4. The van der Waals surface area contributed by atoms with Gasteiger partial charge in [0, 0.05) is 11.1 Å². The molecule has 0 bridgehead atoms. The highest BCUT2D eigenvalue weighted by Gasteiger charge is 2.13. The number of hydrogen-bond acceptors (Lipinski definition) is 4. The molecule has 0 fully saturated rings. The van der Waals surface area contributed by atoms with Crippen LogP contribution in [-0.2, 0) is 4.79 Å². The molecule has 0 radical (unpaired) electrons. The van der Waals surface area contributed by atoms with Crippen molar-refractivity contribution in [1.29, 1.82) is 0 Å². The van der Waals surface area contributed by atoms with Crippen molar-refractivity contribution in [2.75, 3.05) is 13.7 Å². The van der Waals surface area contributed by atoms with Gasteiger partial charge in [0.25, 0.3) is 0 Å². The normalized spacial score (nSPS) is 11.0. The molecule has 4 aromatic carbocycles. The predicted octanol–water partition coefficient (Wildman–Crippen LogP) is 7.31. The molecule has 6 heteroatoms. The monoisotopic (exact) mass is 478 g/mol. The second-order valence-corrected chi connectivity index (χ2v) is 7.99. The largest absolute Gasteiger partial charge is 0.493 e. The minimum atomic E-state index is -0.594. The summed E-state index contributed by atoms with van der Waals surface area (Å²) >= 11 is 12.0. The third kappa shape index (κ3) is 5.67. The first kappa shape index (κ1) is 22.7. The van der Waals surface area contributed by atoms with Crippen molar-refractivity contribution < 1.29 is 19.0 Å². The Morgan fingerprint density at radius 1 is 0.848 bits per heavy atom. The quantitative estimate of drug-likeness (QED) is 0.158. The Kier molecular flexibility index (Phi) is 7.18. The van der Waals surface area contributed by atoms with Crippen LogP contribution in [0.5, 0.6) is 17.2 Å². The lowest BCUT2D eigenvalue weighted by Crippen LogP contribution is -2.18. The SMILES string of the molecule is COc1cc(C=Cc2cccc3ccccc23)ccc1OC(=O)COc1cc(Cl)ccc1Cl. The molecule has 0 saturated heterocycles. The molecule has 4 aromatic rings. The number of carbonyl (C=O) groups is 1. The van der Waals surface area contributed by atoms with Gasteiger partial charge in [-0.05, 0) is 46.2 Å². The van der Waals surface area contributed by atoms with Gasteiger partial charge >= 0.3 is 5.97 Å². The van der Waals surface area contributed by atoms with E-state index in [9.17, 15) is 4.79 Å². The van der Waals surface area contributed by atoms with Crippen LogP contribution >= 0.6 is 23.2 Å². The Morgan fingerprint density at radius 3 is 2.52 bits per heavy atom. The molecule has 0 aliphatic carbocycles. The van der Waals surface area contributed by atoms with E-state index in [0.29, 0.717) is 27.3 Å². The highest BCUT2D eigenvalue weighted by Crippen LogP contribution is 2.30. The van der Waals surface area contributed by atoms with Crippen LogP contribution in [0.15, 0.2) is 78.9 Å². The molecule has 0 spiro atoms. The Hall–Kier alpha value is -3.47. The fourth-order valence-corrected chi connectivity index (χ4v) is 3.66. The molecule has 0 aliphatic rings. The smallest absolute Gasteiger partial charge is 0.349 e. The molecule has 0 aromatic heterocycles. The van der Waals surface area contributed by atoms with Gasteiger partial charge in [0.05, 0.1) is 12.1 Å². The van der Waals surface area contributed by atoms with E-state index in [1.165, 1.54) is 23.9 Å². The van der Waals surface area contributed by atoms with Crippen molar-refractivity contribution in [1.82, 2.24) is 0 Å². The molecule has 0 atom stereocenters. The zero-order chi connectivity index (χ0) is 23.2. The highest BCUT2D eigenvalue weighted by molar-refractivity contribution is 6.34. The van der Waals surface area contributed by atoms with E-state index in [1.54, 1.807) is 24.3 Å². The maximum absolute atomic E-state index is 12.3. The van der Waals surface area contributed by atoms with Crippen LogP contribution in [-0.4, -0.2) is 19.7 Å². The number of esters is 1. The van der Waals surface area contributed by atoms with Crippen molar-refractivity contribution in [3.63, 3.8) is 0 Å². The molecule has 0 saturated carbocycles. The van der Waals surface area contributed by atoms with Crippen molar-refractivity contribution in [2.24, 2.45) is 0 Å². The van der Waals surface area contributed by atoms with Gasteiger partial charge in [0.1, 0.15) is 5.75 Å². The maximum atomic E-state index is 12.3. The van der Waals surface area contributed by atoms with Crippen molar-refractivity contribution in [2.45, 2.75) is 0 Å². The van der Waals surface area contributed by atoms with Crippen molar-refractivity contribution >= 4 is 52.1 Å². The molecule has 4 nitrogen and oxygen atoms in total.